The highest BCUT2D eigenvalue weighted by molar-refractivity contribution is 7.99. The SMILES string of the molecule is CCCn1c(SCC(=O)NC(C)c2ccc(C)c(C)c2)nc2cc(S(N)(=O)=O)ccc21. The van der Waals surface area contributed by atoms with E-state index >= 15 is 0 Å². The van der Waals surface area contributed by atoms with Gasteiger partial charge in [-0.3, -0.25) is 4.79 Å². The maximum Gasteiger partial charge on any atom is 0.238 e. The predicted octanol–water partition coefficient (Wildman–Crippen LogP) is 3.68. The van der Waals surface area contributed by atoms with Gasteiger partial charge in [-0.1, -0.05) is 36.9 Å². The number of primary sulfonamides is 1. The smallest absolute Gasteiger partial charge is 0.238 e. The zero-order valence-electron chi connectivity index (χ0n) is 18.2. The van der Waals surface area contributed by atoms with E-state index < -0.39 is 10.0 Å². The summed E-state index contributed by atoms with van der Waals surface area (Å²) in [5, 5.41) is 8.95. The minimum Gasteiger partial charge on any atom is -0.349 e. The molecule has 0 aliphatic rings. The minimum absolute atomic E-state index is 0.0256. The van der Waals surface area contributed by atoms with Gasteiger partial charge in [-0.05, 0) is 62.1 Å². The molecule has 0 fully saturated rings. The number of hydrogen-bond donors (Lipinski definition) is 2. The zero-order chi connectivity index (χ0) is 22.8. The van der Waals surface area contributed by atoms with E-state index in [-0.39, 0.29) is 22.6 Å². The molecule has 0 radical (unpaired) electrons. The molecule has 9 heteroatoms. The second-order valence-corrected chi connectivity index (χ2v) is 10.2. The first-order valence-corrected chi connectivity index (χ1v) is 12.7. The van der Waals surface area contributed by atoms with Gasteiger partial charge in [-0.2, -0.15) is 0 Å². The average Bonchev–Trinajstić information content (AvgIpc) is 3.05. The maximum absolute atomic E-state index is 12.6. The number of nitrogens with one attached hydrogen (secondary N) is 1. The van der Waals surface area contributed by atoms with Crippen molar-refractivity contribution in [2.45, 2.75) is 56.8 Å². The van der Waals surface area contributed by atoms with E-state index in [2.05, 4.69) is 43.2 Å². The standard InChI is InChI=1S/C22H28N4O3S2/c1-5-10-26-20-9-8-18(31(23,28)29)12-19(20)25-22(26)30-13-21(27)24-16(4)17-7-6-14(2)15(3)11-17/h6-9,11-12,16H,5,10,13H2,1-4H3,(H,24,27)(H2,23,28,29). The van der Waals surface area contributed by atoms with Crippen LogP contribution in [0, 0.1) is 13.8 Å². The van der Waals surface area contributed by atoms with Gasteiger partial charge in [0.05, 0.1) is 27.7 Å². The number of aryl methyl sites for hydroxylation is 3. The Hall–Kier alpha value is -2.36. The molecule has 1 atom stereocenters. The molecule has 0 saturated carbocycles. The number of aromatic nitrogens is 2. The molecule has 7 nitrogen and oxygen atoms in total. The number of carbonyl (C=O) groups is 1. The first-order chi connectivity index (χ1) is 14.6. The minimum atomic E-state index is -3.80. The quantitative estimate of drug-likeness (QED) is 0.499. The summed E-state index contributed by atoms with van der Waals surface area (Å²) in [4.78, 5) is 17.1. The molecule has 0 aliphatic heterocycles. The van der Waals surface area contributed by atoms with Crippen LogP contribution < -0.4 is 10.5 Å². The van der Waals surface area contributed by atoms with Crippen LogP contribution in [0.15, 0.2) is 46.5 Å². The zero-order valence-corrected chi connectivity index (χ0v) is 19.8. The number of amides is 1. The van der Waals surface area contributed by atoms with Crippen LogP contribution in [0.5, 0.6) is 0 Å². The molecule has 31 heavy (non-hydrogen) atoms. The lowest BCUT2D eigenvalue weighted by Crippen LogP contribution is -2.28. The Kier molecular flexibility index (Phi) is 7.08. The average molecular weight is 461 g/mol. The van der Waals surface area contributed by atoms with Gasteiger partial charge in [0.2, 0.25) is 15.9 Å². The molecule has 2 aromatic carbocycles. The Morgan fingerprint density at radius 1 is 1.19 bits per heavy atom. The Balaban J connectivity index is 1.75. The van der Waals surface area contributed by atoms with Gasteiger partial charge in [-0.25, -0.2) is 18.5 Å². The second-order valence-electron chi connectivity index (χ2n) is 7.66. The van der Waals surface area contributed by atoms with Crippen molar-refractivity contribution in [1.29, 1.82) is 0 Å². The number of benzene rings is 2. The molecule has 1 amide bonds. The summed E-state index contributed by atoms with van der Waals surface area (Å²) < 4.78 is 25.3. The second kappa shape index (κ2) is 9.42. The van der Waals surface area contributed by atoms with Crippen LogP contribution in [-0.4, -0.2) is 29.6 Å². The summed E-state index contributed by atoms with van der Waals surface area (Å²) in [6, 6.07) is 10.8. The van der Waals surface area contributed by atoms with Crippen molar-refractivity contribution in [2.75, 3.05) is 5.75 Å². The lowest BCUT2D eigenvalue weighted by atomic mass is 10.0. The molecule has 1 heterocycles. The van der Waals surface area contributed by atoms with Crippen LogP contribution >= 0.6 is 11.8 Å². The summed E-state index contributed by atoms with van der Waals surface area (Å²) in [5.74, 6) is 0.126. The fourth-order valence-corrected chi connectivity index (χ4v) is 4.73. The molecule has 3 N–H and O–H groups in total. The third-order valence-electron chi connectivity index (χ3n) is 5.20. The van der Waals surface area contributed by atoms with Gasteiger partial charge in [-0.15, -0.1) is 0 Å². The van der Waals surface area contributed by atoms with Gasteiger partial charge < -0.3 is 9.88 Å². The highest BCUT2D eigenvalue weighted by atomic mass is 32.2. The third-order valence-corrected chi connectivity index (χ3v) is 7.09. The van der Waals surface area contributed by atoms with E-state index in [0.717, 1.165) is 17.5 Å². The van der Waals surface area contributed by atoms with Crippen LogP contribution in [0.2, 0.25) is 0 Å². The Labute approximate surface area is 187 Å². The van der Waals surface area contributed by atoms with Crippen LogP contribution in [0.1, 0.15) is 43.0 Å². The van der Waals surface area contributed by atoms with Crippen LogP contribution in [-0.2, 0) is 21.4 Å². The fraction of sp³-hybridized carbons (Fsp3) is 0.364. The molecule has 0 aliphatic carbocycles. The number of imidazole rings is 1. The van der Waals surface area contributed by atoms with Crippen molar-refractivity contribution >= 4 is 38.7 Å². The first kappa shape index (κ1) is 23.3. The molecule has 3 rings (SSSR count). The molecular weight excluding hydrogens is 432 g/mol. The molecule has 166 valence electrons. The molecule has 1 unspecified atom stereocenters. The maximum atomic E-state index is 12.6. The van der Waals surface area contributed by atoms with Crippen molar-refractivity contribution < 1.29 is 13.2 Å². The van der Waals surface area contributed by atoms with Crippen LogP contribution in [0.25, 0.3) is 11.0 Å². The first-order valence-electron chi connectivity index (χ1n) is 10.1. The Morgan fingerprint density at radius 2 is 1.94 bits per heavy atom. The number of carbonyl (C=O) groups excluding carboxylic acids is 1. The molecule has 3 aromatic rings. The normalized spacial score (nSPS) is 12.8. The van der Waals surface area contributed by atoms with Crippen molar-refractivity contribution in [3.63, 3.8) is 0 Å². The van der Waals surface area contributed by atoms with Crippen molar-refractivity contribution in [1.82, 2.24) is 14.9 Å². The highest BCUT2D eigenvalue weighted by Crippen LogP contribution is 2.26. The van der Waals surface area contributed by atoms with E-state index in [4.69, 9.17) is 5.14 Å². The molecule has 0 spiro atoms. The van der Waals surface area contributed by atoms with E-state index in [1.54, 1.807) is 6.07 Å². The van der Waals surface area contributed by atoms with E-state index in [1.165, 1.54) is 35.0 Å². The molecular formula is C22H28N4O3S2. The number of thioether (sulfide) groups is 1. The number of nitrogens with two attached hydrogens (primary N) is 1. The van der Waals surface area contributed by atoms with E-state index in [9.17, 15) is 13.2 Å². The Bertz CT molecular complexity index is 1220. The van der Waals surface area contributed by atoms with Gasteiger partial charge in [0.1, 0.15) is 0 Å². The van der Waals surface area contributed by atoms with Crippen molar-refractivity contribution in [2.24, 2.45) is 5.14 Å². The summed E-state index contributed by atoms with van der Waals surface area (Å²) in [6.45, 7) is 8.86. The fourth-order valence-electron chi connectivity index (χ4n) is 3.34. The number of sulfonamides is 1. The lowest BCUT2D eigenvalue weighted by molar-refractivity contribution is -0.119. The monoisotopic (exact) mass is 460 g/mol. The van der Waals surface area contributed by atoms with Crippen LogP contribution in [0.3, 0.4) is 0 Å². The predicted molar refractivity (Wildman–Crippen MR) is 125 cm³/mol. The van der Waals surface area contributed by atoms with Gasteiger partial charge in [0, 0.05) is 6.54 Å². The van der Waals surface area contributed by atoms with E-state index in [0.29, 0.717) is 17.2 Å². The van der Waals surface area contributed by atoms with Gasteiger partial charge in [0.15, 0.2) is 5.16 Å². The molecule has 0 saturated heterocycles. The topological polar surface area (TPSA) is 107 Å². The largest absolute Gasteiger partial charge is 0.349 e. The summed E-state index contributed by atoms with van der Waals surface area (Å²) in [6.07, 6.45) is 0.881. The van der Waals surface area contributed by atoms with Crippen molar-refractivity contribution in [3.05, 3.63) is 53.1 Å². The van der Waals surface area contributed by atoms with Gasteiger partial charge >= 0.3 is 0 Å². The number of nitrogens with zero attached hydrogens (tertiary/aromatic N) is 2. The highest BCUT2D eigenvalue weighted by Gasteiger charge is 2.17. The number of hydrogen-bond acceptors (Lipinski definition) is 5. The number of fused-ring (bicyclic) bond motifs is 1. The van der Waals surface area contributed by atoms with Gasteiger partial charge in [0.25, 0.3) is 0 Å². The summed E-state index contributed by atoms with van der Waals surface area (Å²) in [7, 11) is -3.80. The molecule has 1 aromatic heterocycles. The Morgan fingerprint density at radius 3 is 2.58 bits per heavy atom. The van der Waals surface area contributed by atoms with E-state index in [1.807, 2.05) is 17.6 Å². The summed E-state index contributed by atoms with van der Waals surface area (Å²) >= 11 is 1.34. The summed E-state index contributed by atoms with van der Waals surface area (Å²) in [5.41, 5.74) is 4.85. The van der Waals surface area contributed by atoms with Crippen molar-refractivity contribution in [3.8, 4) is 0 Å². The number of rotatable bonds is 8. The van der Waals surface area contributed by atoms with Crippen LogP contribution in [0.4, 0.5) is 0 Å². The lowest BCUT2D eigenvalue weighted by Gasteiger charge is -2.15. The molecule has 0 bridgehead atoms. The third kappa shape index (κ3) is 5.47.